The van der Waals surface area contributed by atoms with Crippen LogP contribution in [0.25, 0.3) is 0 Å². The Kier molecular flexibility index (Phi) is 7.62. The maximum Gasteiger partial charge on any atom is 0.490 e. The van der Waals surface area contributed by atoms with Gasteiger partial charge < -0.3 is 23.6 Å². The van der Waals surface area contributed by atoms with Crippen LogP contribution in [0.4, 0.5) is 13.2 Å². The number of likely N-dealkylation sites (tertiary alicyclic amines) is 1. The zero-order valence-electron chi connectivity index (χ0n) is 17.5. The molecule has 2 fully saturated rings. The van der Waals surface area contributed by atoms with Gasteiger partial charge in [-0.05, 0) is 43.7 Å². The Balaban J connectivity index is 0.000000360. The third kappa shape index (κ3) is 6.13. The van der Waals surface area contributed by atoms with Gasteiger partial charge >= 0.3 is 12.1 Å². The van der Waals surface area contributed by atoms with Crippen molar-refractivity contribution >= 4 is 11.9 Å². The highest BCUT2D eigenvalue weighted by atomic mass is 19.4. The summed E-state index contributed by atoms with van der Waals surface area (Å²) in [6, 6.07) is 7.38. The number of piperidine rings is 1. The van der Waals surface area contributed by atoms with Gasteiger partial charge in [0.2, 0.25) is 0 Å². The van der Waals surface area contributed by atoms with Gasteiger partial charge in [0.05, 0.1) is 31.8 Å². The fourth-order valence-corrected chi connectivity index (χ4v) is 4.00. The lowest BCUT2D eigenvalue weighted by Gasteiger charge is -2.36. The van der Waals surface area contributed by atoms with E-state index >= 15 is 0 Å². The molecule has 0 saturated carbocycles. The number of hydrogen-bond acceptors (Lipinski definition) is 6. The van der Waals surface area contributed by atoms with Crippen molar-refractivity contribution in [2.75, 3.05) is 33.3 Å². The number of halogens is 3. The molecule has 2 aromatic heterocycles. The van der Waals surface area contributed by atoms with E-state index in [4.69, 9.17) is 23.5 Å². The molecule has 0 aliphatic carbocycles. The number of fused-ring (bicyclic) bond motifs is 1. The van der Waals surface area contributed by atoms with Gasteiger partial charge in [-0.25, -0.2) is 4.79 Å². The number of amides is 1. The first-order valence-corrected chi connectivity index (χ1v) is 10.1. The summed E-state index contributed by atoms with van der Waals surface area (Å²) in [5, 5.41) is 7.12. The van der Waals surface area contributed by atoms with Crippen molar-refractivity contribution < 1.29 is 41.4 Å². The lowest BCUT2D eigenvalue weighted by atomic mass is 9.84. The zero-order valence-corrected chi connectivity index (χ0v) is 17.5. The molecule has 11 heteroatoms. The number of nitrogens with zero attached hydrogens (tertiary/aromatic N) is 2. The van der Waals surface area contributed by atoms with Crippen LogP contribution in [0, 0.1) is 11.8 Å². The van der Waals surface area contributed by atoms with Gasteiger partial charge in [0.15, 0.2) is 5.76 Å². The molecule has 0 unspecified atom stereocenters. The minimum Gasteiger partial charge on any atom is -0.475 e. The second-order valence-electron chi connectivity index (χ2n) is 7.89. The number of carbonyl (C=O) groups excluding carboxylic acids is 1. The maximum absolute atomic E-state index is 12.6. The van der Waals surface area contributed by atoms with Gasteiger partial charge in [-0.1, -0.05) is 0 Å². The van der Waals surface area contributed by atoms with Crippen molar-refractivity contribution in [3.8, 4) is 0 Å². The van der Waals surface area contributed by atoms with E-state index in [-0.39, 0.29) is 12.0 Å². The Labute approximate surface area is 182 Å². The summed E-state index contributed by atoms with van der Waals surface area (Å²) in [7, 11) is 2.08. The van der Waals surface area contributed by atoms with E-state index < -0.39 is 12.1 Å². The predicted octanol–water partition coefficient (Wildman–Crippen LogP) is 3.12. The van der Waals surface area contributed by atoms with Crippen LogP contribution in [-0.2, 0) is 16.1 Å². The number of aliphatic carboxylic acids is 1. The molecule has 0 aromatic carbocycles. The van der Waals surface area contributed by atoms with Crippen LogP contribution in [0.5, 0.6) is 0 Å². The van der Waals surface area contributed by atoms with E-state index in [9.17, 15) is 18.0 Å². The molecule has 2 aromatic rings. The summed E-state index contributed by atoms with van der Waals surface area (Å²) in [4.78, 5) is 25.6. The highest BCUT2D eigenvalue weighted by Gasteiger charge is 2.42. The lowest BCUT2D eigenvalue weighted by molar-refractivity contribution is -0.192. The van der Waals surface area contributed by atoms with Gasteiger partial charge in [-0.2, -0.15) is 13.2 Å². The fraction of sp³-hybridized carbons (Fsp3) is 0.524. The van der Waals surface area contributed by atoms with Crippen LogP contribution < -0.4 is 0 Å². The monoisotopic (exact) mass is 458 g/mol. The van der Waals surface area contributed by atoms with Crippen molar-refractivity contribution in [1.82, 2.24) is 9.80 Å². The smallest absolute Gasteiger partial charge is 0.475 e. The number of likely N-dealkylation sites (N-methyl/N-ethyl adjacent to an activating group) is 1. The molecule has 2 aliphatic heterocycles. The lowest BCUT2D eigenvalue weighted by Crippen LogP contribution is -2.47. The Bertz CT molecular complexity index is 869. The van der Waals surface area contributed by atoms with Crippen LogP contribution in [-0.4, -0.2) is 72.4 Å². The number of carbonyl (C=O) groups is 2. The minimum atomic E-state index is -5.08. The van der Waals surface area contributed by atoms with Crippen LogP contribution in [0.15, 0.2) is 45.6 Å². The number of alkyl halides is 3. The van der Waals surface area contributed by atoms with Crippen LogP contribution >= 0.6 is 0 Å². The van der Waals surface area contributed by atoms with Crippen LogP contribution in [0.2, 0.25) is 0 Å². The highest BCUT2D eigenvalue weighted by molar-refractivity contribution is 5.91. The summed E-state index contributed by atoms with van der Waals surface area (Å²) < 4.78 is 48.5. The summed E-state index contributed by atoms with van der Waals surface area (Å²) in [5.41, 5.74) is 0. The molecule has 8 nitrogen and oxygen atoms in total. The molecule has 2 saturated heterocycles. The molecule has 1 N–H and O–H groups in total. The number of hydrogen-bond donors (Lipinski definition) is 1. The number of furan rings is 2. The molecular weight excluding hydrogens is 433 g/mol. The summed E-state index contributed by atoms with van der Waals surface area (Å²) >= 11 is 0. The Morgan fingerprint density at radius 1 is 1.22 bits per heavy atom. The highest BCUT2D eigenvalue weighted by Crippen LogP contribution is 2.35. The van der Waals surface area contributed by atoms with E-state index in [0.717, 1.165) is 45.0 Å². The van der Waals surface area contributed by atoms with E-state index in [2.05, 4.69) is 11.9 Å². The summed E-state index contributed by atoms with van der Waals surface area (Å²) in [6.45, 7) is 3.92. The SMILES string of the molecule is CN(Cc1ccco1)C[C@H]1OC[C@@H]2CCN(C(=O)c3ccco3)C[C@@H]21.O=C(O)C(F)(F)F. The zero-order chi connectivity index (χ0) is 23.3. The predicted molar refractivity (Wildman–Crippen MR) is 105 cm³/mol. The largest absolute Gasteiger partial charge is 0.490 e. The Morgan fingerprint density at radius 3 is 2.50 bits per heavy atom. The first-order chi connectivity index (χ1) is 15.1. The van der Waals surface area contributed by atoms with Gasteiger partial charge in [0, 0.05) is 25.6 Å². The molecule has 4 rings (SSSR count). The van der Waals surface area contributed by atoms with E-state index in [1.54, 1.807) is 24.7 Å². The fourth-order valence-electron chi connectivity index (χ4n) is 4.00. The van der Waals surface area contributed by atoms with Crippen molar-refractivity contribution in [2.45, 2.75) is 25.2 Å². The molecule has 0 spiro atoms. The quantitative estimate of drug-likeness (QED) is 0.736. The standard InChI is InChI=1S/C19H24N2O4.C2HF3O2/c1-20(10-15-4-2-8-23-15)12-18-16-11-21(7-6-14(16)13-25-18)19(22)17-5-3-9-24-17;3-2(4,5)1(6)7/h2-5,8-9,14,16,18H,6-7,10-13H2,1H3;(H,6,7)/t14-,16-,18+;/m0./s1. The van der Waals surface area contributed by atoms with Crippen LogP contribution in [0.1, 0.15) is 22.7 Å². The van der Waals surface area contributed by atoms with Crippen LogP contribution in [0.3, 0.4) is 0 Å². The molecular formula is C21H25F3N2O6. The first-order valence-electron chi connectivity index (χ1n) is 10.1. The molecule has 176 valence electrons. The normalized spacial score (nSPS) is 22.9. The van der Waals surface area contributed by atoms with Gasteiger partial charge in [-0.15, -0.1) is 0 Å². The number of carboxylic acid groups (broad SMARTS) is 1. The number of rotatable bonds is 5. The van der Waals surface area contributed by atoms with Crippen molar-refractivity contribution in [3.63, 3.8) is 0 Å². The maximum atomic E-state index is 12.6. The van der Waals surface area contributed by atoms with Gasteiger partial charge in [0.25, 0.3) is 5.91 Å². The van der Waals surface area contributed by atoms with Crippen molar-refractivity contribution in [2.24, 2.45) is 11.8 Å². The Hall–Kier alpha value is -2.79. The van der Waals surface area contributed by atoms with E-state index in [1.165, 1.54) is 0 Å². The topological polar surface area (TPSA) is 96.4 Å². The third-order valence-electron chi connectivity index (χ3n) is 5.57. The molecule has 0 bridgehead atoms. The van der Waals surface area contributed by atoms with E-state index in [0.29, 0.717) is 17.6 Å². The van der Waals surface area contributed by atoms with E-state index in [1.807, 2.05) is 17.0 Å². The first kappa shape index (κ1) is 23.9. The number of ether oxygens (including phenoxy) is 1. The second-order valence-corrected chi connectivity index (χ2v) is 7.89. The molecule has 32 heavy (non-hydrogen) atoms. The molecule has 2 aliphatic rings. The second kappa shape index (κ2) is 10.2. The summed E-state index contributed by atoms with van der Waals surface area (Å²) in [5.74, 6) is -0.473. The summed E-state index contributed by atoms with van der Waals surface area (Å²) in [6.07, 6.45) is -0.692. The average molecular weight is 458 g/mol. The number of carboxylic acids is 1. The third-order valence-corrected chi connectivity index (χ3v) is 5.57. The van der Waals surface area contributed by atoms with Crippen molar-refractivity contribution in [3.05, 3.63) is 48.3 Å². The molecule has 0 radical (unpaired) electrons. The Morgan fingerprint density at radius 2 is 1.91 bits per heavy atom. The molecule has 1 amide bonds. The average Bonchev–Trinajstić information content (AvgIpc) is 3.49. The van der Waals surface area contributed by atoms with Gasteiger partial charge in [-0.3, -0.25) is 9.69 Å². The molecule has 4 heterocycles. The van der Waals surface area contributed by atoms with Gasteiger partial charge in [0.1, 0.15) is 5.76 Å². The molecule has 3 atom stereocenters. The van der Waals surface area contributed by atoms with Crippen molar-refractivity contribution in [1.29, 1.82) is 0 Å². The minimum absolute atomic E-state index is 0.0157.